The van der Waals surface area contributed by atoms with Gasteiger partial charge in [0.15, 0.2) is 9.84 Å². The Morgan fingerprint density at radius 1 is 1.00 bits per heavy atom. The van der Waals surface area contributed by atoms with Crippen LogP contribution in [-0.4, -0.2) is 37.7 Å². The van der Waals surface area contributed by atoms with Crippen LogP contribution in [0.4, 0.5) is 5.95 Å². The lowest BCUT2D eigenvalue weighted by Crippen LogP contribution is -2.34. The third kappa shape index (κ3) is 5.46. The first kappa shape index (κ1) is 22.3. The van der Waals surface area contributed by atoms with Gasteiger partial charge in [-0.05, 0) is 66.1 Å². The molecule has 0 N–H and O–H groups in total. The van der Waals surface area contributed by atoms with Crippen LogP contribution < -0.4 is 9.64 Å². The number of sulfone groups is 1. The van der Waals surface area contributed by atoms with E-state index in [1.54, 1.807) is 24.3 Å². The molecule has 4 rings (SSSR count). The molecule has 32 heavy (non-hydrogen) atoms. The third-order valence-corrected chi connectivity index (χ3v) is 7.09. The van der Waals surface area contributed by atoms with Crippen LogP contribution in [0.15, 0.2) is 65.8 Å². The van der Waals surface area contributed by atoms with E-state index in [0.717, 1.165) is 55.2 Å². The Hall–Kier alpha value is -2.93. The number of piperidine rings is 1. The van der Waals surface area contributed by atoms with Crippen molar-refractivity contribution < 1.29 is 13.2 Å². The summed E-state index contributed by atoms with van der Waals surface area (Å²) in [7, 11) is -3.18. The van der Waals surface area contributed by atoms with Gasteiger partial charge in [0.25, 0.3) is 0 Å². The lowest BCUT2D eigenvalue weighted by molar-refractivity contribution is 0.305. The van der Waals surface area contributed by atoms with Gasteiger partial charge in [-0.15, -0.1) is 0 Å². The van der Waals surface area contributed by atoms with E-state index in [4.69, 9.17) is 4.74 Å². The van der Waals surface area contributed by atoms with E-state index in [-0.39, 0.29) is 0 Å². The van der Waals surface area contributed by atoms with Crippen molar-refractivity contribution in [3.63, 3.8) is 0 Å². The number of rotatable bonds is 7. The number of hydrogen-bond acceptors (Lipinski definition) is 6. The predicted molar refractivity (Wildman–Crippen MR) is 126 cm³/mol. The molecule has 0 radical (unpaired) electrons. The summed E-state index contributed by atoms with van der Waals surface area (Å²) in [5.74, 6) is 2.13. The molecule has 1 aliphatic rings. The van der Waals surface area contributed by atoms with Gasteiger partial charge < -0.3 is 9.64 Å². The molecule has 0 unspecified atom stereocenters. The molecular formula is C25H29N3O3S. The van der Waals surface area contributed by atoms with Crippen LogP contribution in [0.2, 0.25) is 0 Å². The molecule has 0 amide bonds. The van der Waals surface area contributed by atoms with Crippen LogP contribution >= 0.6 is 0 Å². The molecule has 2 heterocycles. The van der Waals surface area contributed by atoms with Crippen molar-refractivity contribution in [2.75, 3.05) is 24.2 Å². The predicted octanol–water partition coefficient (Wildman–Crippen LogP) is 4.41. The topological polar surface area (TPSA) is 72.4 Å². The highest BCUT2D eigenvalue weighted by molar-refractivity contribution is 7.90. The molecule has 2 aromatic carbocycles. The van der Waals surface area contributed by atoms with E-state index in [2.05, 4.69) is 33.9 Å². The molecule has 0 saturated carbocycles. The van der Waals surface area contributed by atoms with Crippen molar-refractivity contribution in [1.29, 1.82) is 0 Å². The molecule has 0 aliphatic carbocycles. The number of hydrogen-bond donors (Lipinski definition) is 0. The second-order valence-electron chi connectivity index (χ2n) is 8.28. The summed E-state index contributed by atoms with van der Waals surface area (Å²) in [5.41, 5.74) is 3.38. The molecule has 3 aromatic rings. The quantitative estimate of drug-likeness (QED) is 0.530. The van der Waals surface area contributed by atoms with E-state index in [1.165, 1.54) is 11.8 Å². The molecule has 1 aliphatic heterocycles. The Kier molecular flexibility index (Phi) is 6.74. The van der Waals surface area contributed by atoms with Crippen molar-refractivity contribution in [2.45, 2.75) is 43.6 Å². The zero-order chi connectivity index (χ0) is 22.6. The first-order valence-corrected chi connectivity index (χ1v) is 12.9. The lowest BCUT2D eigenvalue weighted by atomic mass is 9.89. The van der Waals surface area contributed by atoms with Crippen molar-refractivity contribution in [3.05, 3.63) is 77.6 Å². The van der Waals surface area contributed by atoms with E-state index >= 15 is 0 Å². The Morgan fingerprint density at radius 3 is 2.31 bits per heavy atom. The van der Waals surface area contributed by atoms with Crippen LogP contribution in [0, 0.1) is 0 Å². The minimum Gasteiger partial charge on any atom is -0.489 e. The van der Waals surface area contributed by atoms with Crippen LogP contribution in [-0.2, 0) is 22.9 Å². The highest BCUT2D eigenvalue weighted by atomic mass is 32.2. The lowest BCUT2D eigenvalue weighted by Gasteiger charge is -2.32. The standard InChI is InChI=1S/C25H29N3O3S/c1-3-19-16-26-25(27-17-19)28-13-11-21(12-14-28)22-5-4-6-23(15-22)31-18-20-7-9-24(10-8-20)32(2,29)30/h4-10,15-17,21H,3,11-14,18H2,1-2H3. The smallest absolute Gasteiger partial charge is 0.225 e. The van der Waals surface area contributed by atoms with Gasteiger partial charge >= 0.3 is 0 Å². The maximum atomic E-state index is 11.6. The van der Waals surface area contributed by atoms with Gasteiger partial charge in [0, 0.05) is 31.7 Å². The second kappa shape index (κ2) is 9.69. The number of aryl methyl sites for hydroxylation is 1. The van der Waals surface area contributed by atoms with E-state index in [1.807, 2.05) is 24.5 Å². The molecule has 168 valence electrons. The average molecular weight is 452 g/mol. The van der Waals surface area contributed by atoms with Gasteiger partial charge in [-0.2, -0.15) is 0 Å². The van der Waals surface area contributed by atoms with Gasteiger partial charge in [0.1, 0.15) is 12.4 Å². The summed E-state index contributed by atoms with van der Waals surface area (Å²) < 4.78 is 29.2. The summed E-state index contributed by atoms with van der Waals surface area (Å²) in [4.78, 5) is 11.6. The molecule has 0 spiro atoms. The van der Waals surface area contributed by atoms with Crippen molar-refractivity contribution >= 4 is 15.8 Å². The van der Waals surface area contributed by atoms with E-state index < -0.39 is 9.84 Å². The second-order valence-corrected chi connectivity index (χ2v) is 10.3. The summed E-state index contributed by atoms with van der Waals surface area (Å²) in [6, 6.07) is 15.1. The summed E-state index contributed by atoms with van der Waals surface area (Å²) in [5, 5.41) is 0. The molecule has 1 saturated heterocycles. The highest BCUT2D eigenvalue weighted by Gasteiger charge is 2.22. The minimum absolute atomic E-state index is 0.321. The van der Waals surface area contributed by atoms with Gasteiger partial charge in [0.05, 0.1) is 4.90 Å². The Labute approximate surface area is 190 Å². The fourth-order valence-electron chi connectivity index (χ4n) is 3.96. The van der Waals surface area contributed by atoms with Crippen LogP contribution in [0.25, 0.3) is 0 Å². The SMILES string of the molecule is CCc1cnc(N2CCC(c3cccc(OCc4ccc(S(C)(=O)=O)cc4)c3)CC2)nc1. The average Bonchev–Trinajstić information content (AvgIpc) is 2.83. The van der Waals surface area contributed by atoms with Gasteiger partial charge in [-0.25, -0.2) is 18.4 Å². The zero-order valence-corrected chi connectivity index (χ0v) is 19.4. The van der Waals surface area contributed by atoms with E-state index in [0.29, 0.717) is 17.4 Å². The number of aromatic nitrogens is 2. The number of benzene rings is 2. The number of nitrogens with zero attached hydrogens (tertiary/aromatic N) is 3. The third-order valence-electron chi connectivity index (χ3n) is 5.96. The maximum Gasteiger partial charge on any atom is 0.225 e. The largest absolute Gasteiger partial charge is 0.489 e. The first-order valence-electron chi connectivity index (χ1n) is 11.0. The highest BCUT2D eigenvalue weighted by Crippen LogP contribution is 2.31. The Bertz CT molecular complexity index is 1140. The molecule has 6 nitrogen and oxygen atoms in total. The van der Waals surface area contributed by atoms with Gasteiger partial charge in [-0.3, -0.25) is 0 Å². The molecule has 0 atom stereocenters. The monoisotopic (exact) mass is 451 g/mol. The summed E-state index contributed by atoms with van der Waals surface area (Å²) >= 11 is 0. The number of ether oxygens (including phenoxy) is 1. The maximum absolute atomic E-state index is 11.6. The Morgan fingerprint density at radius 2 is 1.69 bits per heavy atom. The fourth-order valence-corrected chi connectivity index (χ4v) is 4.59. The van der Waals surface area contributed by atoms with Crippen molar-refractivity contribution in [1.82, 2.24) is 9.97 Å². The van der Waals surface area contributed by atoms with Gasteiger partial charge in [0.2, 0.25) is 5.95 Å². The first-order chi connectivity index (χ1) is 15.4. The van der Waals surface area contributed by atoms with Crippen LogP contribution in [0.1, 0.15) is 42.4 Å². The normalized spacial score (nSPS) is 15.0. The molecule has 1 aromatic heterocycles. The fraction of sp³-hybridized carbons (Fsp3) is 0.360. The molecule has 7 heteroatoms. The summed E-state index contributed by atoms with van der Waals surface area (Å²) in [6.45, 7) is 4.38. The summed E-state index contributed by atoms with van der Waals surface area (Å²) in [6.07, 6.45) is 8.11. The molecule has 0 bridgehead atoms. The minimum atomic E-state index is -3.18. The molecule has 1 fully saturated rings. The van der Waals surface area contributed by atoms with Crippen molar-refractivity contribution in [3.8, 4) is 5.75 Å². The van der Waals surface area contributed by atoms with Crippen molar-refractivity contribution in [2.24, 2.45) is 0 Å². The van der Waals surface area contributed by atoms with Crippen LogP contribution in [0.3, 0.4) is 0 Å². The van der Waals surface area contributed by atoms with E-state index in [9.17, 15) is 8.42 Å². The molecular weight excluding hydrogens is 422 g/mol. The van der Waals surface area contributed by atoms with Crippen LogP contribution in [0.5, 0.6) is 5.75 Å². The number of anilines is 1. The zero-order valence-electron chi connectivity index (χ0n) is 18.6. The Balaban J connectivity index is 1.34. The van der Waals surface area contributed by atoms with Gasteiger partial charge in [-0.1, -0.05) is 31.2 Å².